The number of hydrogen-bond acceptors (Lipinski definition) is 3. The molecule has 0 bridgehead atoms. The average Bonchev–Trinajstić information content (AvgIpc) is 2.99. The fraction of sp³-hybridized carbons (Fsp3) is 0.435. The number of carbonyl (C=O) groups excluding carboxylic acids is 1. The standard InChI is InChI=1S/C23H29NO3/c1-4-13-26-19-10-7-16(8-11-19)17-9-12-20-18(14-17)15-23(5-2,6-3)21(20)27-22(24)25/h7-12,14,21H,4-6,13,15H2,1-3H3,(H2,24,25). The van der Waals surface area contributed by atoms with Crippen LogP contribution >= 0.6 is 0 Å². The lowest BCUT2D eigenvalue weighted by Crippen LogP contribution is -2.30. The van der Waals surface area contributed by atoms with Gasteiger partial charge < -0.3 is 15.2 Å². The second-order valence-electron chi connectivity index (χ2n) is 7.35. The van der Waals surface area contributed by atoms with Crippen molar-refractivity contribution in [1.82, 2.24) is 0 Å². The van der Waals surface area contributed by atoms with Crippen LogP contribution in [0.4, 0.5) is 4.79 Å². The molecule has 1 amide bonds. The van der Waals surface area contributed by atoms with E-state index in [1.807, 2.05) is 12.1 Å². The van der Waals surface area contributed by atoms with Crippen LogP contribution in [-0.2, 0) is 11.2 Å². The van der Waals surface area contributed by atoms with Crippen LogP contribution in [0.5, 0.6) is 5.75 Å². The van der Waals surface area contributed by atoms with Gasteiger partial charge in [0.15, 0.2) is 0 Å². The Hall–Kier alpha value is -2.49. The minimum atomic E-state index is -0.703. The summed E-state index contributed by atoms with van der Waals surface area (Å²) in [4.78, 5) is 11.5. The monoisotopic (exact) mass is 367 g/mol. The fourth-order valence-electron chi connectivity index (χ4n) is 4.13. The van der Waals surface area contributed by atoms with Gasteiger partial charge in [-0.25, -0.2) is 4.79 Å². The number of benzene rings is 2. The summed E-state index contributed by atoms with van der Waals surface area (Å²) in [5.41, 5.74) is 9.93. The second kappa shape index (κ2) is 8.03. The molecule has 0 fully saturated rings. The predicted octanol–water partition coefficient (Wildman–Crippen LogP) is 5.64. The molecular weight excluding hydrogens is 338 g/mol. The van der Waals surface area contributed by atoms with Crippen molar-refractivity contribution >= 4 is 6.09 Å². The predicted molar refractivity (Wildman–Crippen MR) is 108 cm³/mol. The molecule has 4 heteroatoms. The van der Waals surface area contributed by atoms with E-state index >= 15 is 0 Å². The van der Waals surface area contributed by atoms with Crippen LogP contribution < -0.4 is 10.5 Å². The Morgan fingerprint density at radius 2 is 1.74 bits per heavy atom. The number of nitrogens with two attached hydrogens (primary N) is 1. The zero-order valence-corrected chi connectivity index (χ0v) is 16.5. The zero-order chi connectivity index (χ0) is 19.4. The summed E-state index contributed by atoms with van der Waals surface area (Å²) >= 11 is 0. The molecule has 0 saturated carbocycles. The van der Waals surface area contributed by atoms with E-state index < -0.39 is 6.09 Å². The molecule has 3 rings (SSSR count). The third-order valence-corrected chi connectivity index (χ3v) is 5.83. The van der Waals surface area contributed by atoms with Crippen molar-refractivity contribution in [3.8, 4) is 16.9 Å². The quantitative estimate of drug-likeness (QED) is 0.689. The Balaban J connectivity index is 1.90. The van der Waals surface area contributed by atoms with Crippen molar-refractivity contribution in [2.24, 2.45) is 11.1 Å². The van der Waals surface area contributed by atoms with Gasteiger partial charge in [0.25, 0.3) is 0 Å². The molecule has 2 aromatic rings. The minimum Gasteiger partial charge on any atom is -0.494 e. The van der Waals surface area contributed by atoms with Gasteiger partial charge in [-0.1, -0.05) is 51.1 Å². The third kappa shape index (κ3) is 3.80. The van der Waals surface area contributed by atoms with E-state index in [4.69, 9.17) is 15.2 Å². The van der Waals surface area contributed by atoms with Crippen molar-refractivity contribution in [1.29, 1.82) is 0 Å². The average molecular weight is 367 g/mol. The molecule has 1 aliphatic carbocycles. The number of carbonyl (C=O) groups is 1. The maximum Gasteiger partial charge on any atom is 0.405 e. The second-order valence-corrected chi connectivity index (χ2v) is 7.35. The van der Waals surface area contributed by atoms with E-state index in [-0.39, 0.29) is 11.5 Å². The van der Waals surface area contributed by atoms with Crippen LogP contribution in [0.25, 0.3) is 11.1 Å². The molecule has 0 saturated heterocycles. The largest absolute Gasteiger partial charge is 0.494 e. The Bertz CT molecular complexity index is 794. The Kier molecular flexibility index (Phi) is 5.73. The number of primary amides is 1. The number of fused-ring (bicyclic) bond motifs is 1. The van der Waals surface area contributed by atoms with Crippen molar-refractivity contribution in [3.63, 3.8) is 0 Å². The van der Waals surface area contributed by atoms with Crippen molar-refractivity contribution in [2.75, 3.05) is 6.61 Å². The summed E-state index contributed by atoms with van der Waals surface area (Å²) in [6.07, 6.45) is 2.81. The summed E-state index contributed by atoms with van der Waals surface area (Å²) < 4.78 is 11.2. The SMILES string of the molecule is CCCOc1ccc(-c2ccc3c(c2)CC(CC)(CC)C3OC(N)=O)cc1. The van der Waals surface area contributed by atoms with Gasteiger partial charge in [-0.15, -0.1) is 0 Å². The molecule has 0 aliphatic heterocycles. The lowest BCUT2D eigenvalue weighted by Gasteiger charge is -2.32. The molecule has 0 aromatic heterocycles. The van der Waals surface area contributed by atoms with Gasteiger partial charge in [0.05, 0.1) is 6.61 Å². The van der Waals surface area contributed by atoms with Crippen LogP contribution in [0, 0.1) is 5.41 Å². The first kappa shape index (κ1) is 19.3. The number of amides is 1. The third-order valence-electron chi connectivity index (χ3n) is 5.83. The van der Waals surface area contributed by atoms with Crippen molar-refractivity contribution in [3.05, 3.63) is 53.6 Å². The van der Waals surface area contributed by atoms with Gasteiger partial charge in [0.1, 0.15) is 11.9 Å². The molecule has 0 heterocycles. The highest BCUT2D eigenvalue weighted by Crippen LogP contribution is 2.52. The zero-order valence-electron chi connectivity index (χ0n) is 16.5. The Morgan fingerprint density at radius 3 is 2.33 bits per heavy atom. The van der Waals surface area contributed by atoms with Gasteiger partial charge in [-0.2, -0.15) is 0 Å². The highest BCUT2D eigenvalue weighted by molar-refractivity contribution is 5.68. The topological polar surface area (TPSA) is 61.6 Å². The lowest BCUT2D eigenvalue weighted by molar-refractivity contribution is 0.0140. The van der Waals surface area contributed by atoms with Gasteiger partial charge in [-0.05, 0) is 60.1 Å². The maximum atomic E-state index is 11.5. The van der Waals surface area contributed by atoms with E-state index in [0.717, 1.165) is 54.7 Å². The van der Waals surface area contributed by atoms with Crippen LogP contribution in [0.2, 0.25) is 0 Å². The van der Waals surface area contributed by atoms with E-state index in [9.17, 15) is 4.79 Å². The fourth-order valence-corrected chi connectivity index (χ4v) is 4.13. The highest BCUT2D eigenvalue weighted by Gasteiger charge is 2.46. The van der Waals surface area contributed by atoms with E-state index in [2.05, 4.69) is 51.1 Å². The van der Waals surface area contributed by atoms with Gasteiger partial charge in [0, 0.05) is 5.41 Å². The molecule has 1 aliphatic rings. The Labute approximate surface area is 161 Å². The molecule has 0 spiro atoms. The van der Waals surface area contributed by atoms with Crippen molar-refractivity contribution < 1.29 is 14.3 Å². The Morgan fingerprint density at radius 1 is 1.07 bits per heavy atom. The highest BCUT2D eigenvalue weighted by atomic mass is 16.6. The van der Waals surface area contributed by atoms with Crippen LogP contribution in [0.15, 0.2) is 42.5 Å². The first-order chi connectivity index (χ1) is 13.0. The van der Waals surface area contributed by atoms with Gasteiger partial charge in [-0.3, -0.25) is 0 Å². The first-order valence-corrected chi connectivity index (χ1v) is 9.85. The first-order valence-electron chi connectivity index (χ1n) is 9.85. The van der Waals surface area contributed by atoms with Crippen LogP contribution in [-0.4, -0.2) is 12.7 Å². The number of hydrogen-bond donors (Lipinski definition) is 1. The van der Waals surface area contributed by atoms with Crippen LogP contribution in [0.1, 0.15) is 57.3 Å². The molecule has 2 aromatic carbocycles. The normalized spacial score (nSPS) is 17.4. The van der Waals surface area contributed by atoms with E-state index in [0.29, 0.717) is 0 Å². The van der Waals surface area contributed by atoms with E-state index in [1.165, 1.54) is 5.56 Å². The summed E-state index contributed by atoms with van der Waals surface area (Å²) in [5.74, 6) is 0.896. The molecule has 0 radical (unpaired) electrons. The summed E-state index contributed by atoms with van der Waals surface area (Å²) in [5, 5.41) is 0. The molecule has 1 atom stereocenters. The summed E-state index contributed by atoms with van der Waals surface area (Å²) in [7, 11) is 0. The number of rotatable bonds is 7. The molecule has 4 nitrogen and oxygen atoms in total. The molecule has 27 heavy (non-hydrogen) atoms. The lowest BCUT2D eigenvalue weighted by atomic mass is 9.77. The smallest absolute Gasteiger partial charge is 0.405 e. The maximum absolute atomic E-state index is 11.5. The molecular formula is C23H29NO3. The number of ether oxygens (including phenoxy) is 2. The molecule has 2 N–H and O–H groups in total. The van der Waals surface area contributed by atoms with Crippen molar-refractivity contribution in [2.45, 2.75) is 52.6 Å². The van der Waals surface area contributed by atoms with Crippen LogP contribution in [0.3, 0.4) is 0 Å². The molecule has 144 valence electrons. The molecule has 1 unspecified atom stereocenters. The van der Waals surface area contributed by atoms with E-state index in [1.54, 1.807) is 0 Å². The summed E-state index contributed by atoms with van der Waals surface area (Å²) in [6.45, 7) is 7.14. The summed E-state index contributed by atoms with van der Waals surface area (Å²) in [6, 6.07) is 14.6. The van der Waals surface area contributed by atoms with Gasteiger partial charge in [0.2, 0.25) is 0 Å². The van der Waals surface area contributed by atoms with Gasteiger partial charge >= 0.3 is 6.09 Å². The minimum absolute atomic E-state index is 0.0756.